The number of hydrogen-bond donors (Lipinski definition) is 3. The van der Waals surface area contributed by atoms with Crippen LogP contribution in [0.25, 0.3) is 0 Å². The molecule has 0 atom stereocenters. The summed E-state index contributed by atoms with van der Waals surface area (Å²) < 4.78 is 19.7. The Morgan fingerprint density at radius 3 is 2.71 bits per heavy atom. The lowest BCUT2D eigenvalue weighted by atomic mass is 10.3. The smallest absolute Gasteiger partial charge is 0.158 e. The van der Waals surface area contributed by atoms with E-state index in [0.717, 1.165) is 0 Å². The molecule has 0 aliphatic carbocycles. The average Bonchev–Trinajstić information content (AvgIpc) is 2.48. The molecule has 6 nitrogen and oxygen atoms in total. The number of aromatic nitrogens is 2. The zero-order valence-corrected chi connectivity index (χ0v) is 12.9. The van der Waals surface area contributed by atoms with E-state index >= 15 is 0 Å². The van der Waals surface area contributed by atoms with E-state index in [1.165, 1.54) is 6.07 Å². The van der Waals surface area contributed by atoms with Crippen molar-refractivity contribution in [1.82, 2.24) is 9.97 Å². The Bertz CT molecular complexity index is 626. The van der Waals surface area contributed by atoms with Crippen LogP contribution in [0.15, 0.2) is 28.7 Å². The second-order valence-electron chi connectivity index (χ2n) is 4.09. The van der Waals surface area contributed by atoms with Gasteiger partial charge in [-0.25, -0.2) is 20.2 Å². The Balaban J connectivity index is 2.25. The lowest BCUT2D eigenvalue weighted by molar-refractivity contribution is 0.128. The van der Waals surface area contributed by atoms with Gasteiger partial charge in [0.1, 0.15) is 24.1 Å². The number of ether oxygens (including phenoxy) is 1. The van der Waals surface area contributed by atoms with Gasteiger partial charge in [0.25, 0.3) is 0 Å². The molecule has 0 unspecified atom stereocenters. The summed E-state index contributed by atoms with van der Waals surface area (Å²) in [4.78, 5) is 8.41. The van der Waals surface area contributed by atoms with E-state index < -0.39 is 5.82 Å². The highest BCUT2D eigenvalue weighted by Gasteiger charge is 2.08. The zero-order valence-electron chi connectivity index (χ0n) is 11.4. The molecule has 0 saturated heterocycles. The number of nitrogens with one attached hydrogen (secondary N) is 2. The summed E-state index contributed by atoms with van der Waals surface area (Å²) in [6.07, 6.45) is 0. The van der Waals surface area contributed by atoms with E-state index in [-0.39, 0.29) is 6.61 Å². The quantitative estimate of drug-likeness (QED) is 0.545. The van der Waals surface area contributed by atoms with E-state index in [4.69, 9.17) is 10.6 Å². The maximum atomic E-state index is 13.8. The van der Waals surface area contributed by atoms with Crippen molar-refractivity contribution in [2.75, 3.05) is 17.3 Å². The number of hydrazine groups is 1. The summed E-state index contributed by atoms with van der Waals surface area (Å²) in [5.41, 5.74) is 2.75. The van der Waals surface area contributed by atoms with Crippen LogP contribution in [0.4, 0.5) is 21.7 Å². The number of benzene rings is 1. The van der Waals surface area contributed by atoms with Crippen LogP contribution in [0.1, 0.15) is 12.7 Å². The molecule has 0 fully saturated rings. The fourth-order valence-corrected chi connectivity index (χ4v) is 1.95. The van der Waals surface area contributed by atoms with Crippen molar-refractivity contribution < 1.29 is 9.13 Å². The van der Waals surface area contributed by atoms with Crippen LogP contribution in [-0.4, -0.2) is 16.6 Å². The minimum Gasteiger partial charge on any atom is -0.374 e. The number of halogens is 2. The van der Waals surface area contributed by atoms with Crippen LogP contribution in [0.3, 0.4) is 0 Å². The van der Waals surface area contributed by atoms with Gasteiger partial charge in [0, 0.05) is 17.1 Å². The van der Waals surface area contributed by atoms with Gasteiger partial charge in [-0.1, -0.05) is 15.9 Å². The molecule has 1 aromatic carbocycles. The van der Waals surface area contributed by atoms with Gasteiger partial charge in [0.2, 0.25) is 0 Å². The molecule has 4 N–H and O–H groups in total. The van der Waals surface area contributed by atoms with E-state index in [9.17, 15) is 4.39 Å². The van der Waals surface area contributed by atoms with Gasteiger partial charge in [-0.05, 0) is 25.1 Å². The summed E-state index contributed by atoms with van der Waals surface area (Å²) in [7, 11) is 0. The predicted molar refractivity (Wildman–Crippen MR) is 82.6 cm³/mol. The summed E-state index contributed by atoms with van der Waals surface area (Å²) in [5, 5.41) is 2.89. The third-order valence-electron chi connectivity index (χ3n) is 2.55. The predicted octanol–water partition coefficient (Wildman–Crippen LogP) is 2.94. The van der Waals surface area contributed by atoms with Crippen molar-refractivity contribution in [3.63, 3.8) is 0 Å². The highest BCUT2D eigenvalue weighted by atomic mass is 79.9. The second-order valence-corrected chi connectivity index (χ2v) is 5.00. The molecule has 1 aromatic heterocycles. The van der Waals surface area contributed by atoms with Gasteiger partial charge in [-0.15, -0.1) is 0 Å². The average molecular weight is 356 g/mol. The van der Waals surface area contributed by atoms with E-state index in [2.05, 4.69) is 36.6 Å². The first-order chi connectivity index (χ1) is 10.1. The van der Waals surface area contributed by atoms with Crippen molar-refractivity contribution in [2.24, 2.45) is 5.84 Å². The van der Waals surface area contributed by atoms with Gasteiger partial charge in [-0.2, -0.15) is 0 Å². The lowest BCUT2D eigenvalue weighted by Gasteiger charge is -2.10. The third kappa shape index (κ3) is 4.35. The Labute approximate surface area is 130 Å². The van der Waals surface area contributed by atoms with Gasteiger partial charge in [-0.3, -0.25) is 0 Å². The van der Waals surface area contributed by atoms with Crippen molar-refractivity contribution in [3.05, 3.63) is 40.4 Å². The molecule has 2 rings (SSSR count). The van der Waals surface area contributed by atoms with Crippen molar-refractivity contribution >= 4 is 33.3 Å². The molecular weight excluding hydrogens is 341 g/mol. The van der Waals surface area contributed by atoms with Gasteiger partial charge in [0.15, 0.2) is 5.82 Å². The Morgan fingerprint density at radius 1 is 1.29 bits per heavy atom. The van der Waals surface area contributed by atoms with Crippen LogP contribution < -0.4 is 16.6 Å². The van der Waals surface area contributed by atoms with Crippen LogP contribution in [0.5, 0.6) is 0 Å². The molecule has 0 bridgehead atoms. The van der Waals surface area contributed by atoms with Crippen LogP contribution in [0.2, 0.25) is 0 Å². The molecule has 0 radical (unpaired) electrons. The number of nitrogens with two attached hydrogens (primary N) is 1. The topological polar surface area (TPSA) is 85.1 Å². The highest BCUT2D eigenvalue weighted by molar-refractivity contribution is 9.10. The zero-order chi connectivity index (χ0) is 15.2. The molecule has 21 heavy (non-hydrogen) atoms. The fourth-order valence-electron chi connectivity index (χ4n) is 1.62. The Morgan fingerprint density at radius 2 is 2.05 bits per heavy atom. The molecular formula is C13H15BrFN5O. The summed E-state index contributed by atoms with van der Waals surface area (Å²) in [6.45, 7) is 2.68. The molecule has 8 heteroatoms. The normalized spacial score (nSPS) is 10.5. The molecule has 0 aliphatic rings. The first kappa shape index (κ1) is 15.6. The van der Waals surface area contributed by atoms with Gasteiger partial charge >= 0.3 is 0 Å². The summed E-state index contributed by atoms with van der Waals surface area (Å²) >= 11 is 3.21. The monoisotopic (exact) mass is 355 g/mol. The summed E-state index contributed by atoms with van der Waals surface area (Å²) in [6, 6.07) is 6.29. The minimum atomic E-state index is -0.392. The number of anilines is 3. The van der Waals surface area contributed by atoms with Crippen molar-refractivity contribution in [2.45, 2.75) is 13.5 Å². The summed E-state index contributed by atoms with van der Waals surface area (Å²) in [5.74, 6) is 6.27. The van der Waals surface area contributed by atoms with Crippen LogP contribution in [-0.2, 0) is 11.3 Å². The van der Waals surface area contributed by atoms with E-state index in [1.807, 2.05) is 6.92 Å². The number of nitrogen functional groups attached to an aromatic ring is 1. The largest absolute Gasteiger partial charge is 0.374 e. The SMILES string of the molecule is CCOCc1nc(NN)cc(Nc2ccc(Br)cc2F)n1. The third-order valence-corrected chi connectivity index (χ3v) is 3.04. The molecule has 112 valence electrons. The number of rotatable bonds is 6. The molecule has 0 saturated carbocycles. The van der Waals surface area contributed by atoms with E-state index in [1.54, 1.807) is 18.2 Å². The number of nitrogens with zero attached hydrogens (tertiary/aromatic N) is 2. The van der Waals surface area contributed by atoms with Crippen LogP contribution in [0, 0.1) is 5.82 Å². The first-order valence-corrected chi connectivity index (χ1v) is 7.06. The maximum Gasteiger partial charge on any atom is 0.158 e. The Kier molecular flexibility index (Phi) is 5.43. The van der Waals surface area contributed by atoms with E-state index in [0.29, 0.717) is 34.2 Å². The highest BCUT2D eigenvalue weighted by Crippen LogP contribution is 2.23. The maximum absolute atomic E-state index is 13.8. The molecule has 2 aromatic rings. The van der Waals surface area contributed by atoms with Crippen LogP contribution >= 0.6 is 15.9 Å². The van der Waals surface area contributed by atoms with Crippen molar-refractivity contribution in [3.8, 4) is 0 Å². The number of hydrogen-bond acceptors (Lipinski definition) is 6. The van der Waals surface area contributed by atoms with Gasteiger partial charge < -0.3 is 15.5 Å². The first-order valence-electron chi connectivity index (χ1n) is 6.26. The molecule has 0 spiro atoms. The standard InChI is InChI=1S/C13H15BrFN5O/c1-2-21-7-13-18-11(6-12(19-13)20-16)17-10-4-3-8(14)5-9(10)15/h3-6H,2,7,16H2,1H3,(H2,17,18,19,20). The molecule has 0 amide bonds. The molecule has 1 heterocycles. The fraction of sp³-hybridized carbons (Fsp3) is 0.231. The second kappa shape index (κ2) is 7.30. The lowest BCUT2D eigenvalue weighted by Crippen LogP contribution is -2.12. The van der Waals surface area contributed by atoms with Crippen molar-refractivity contribution in [1.29, 1.82) is 0 Å². The Hall–Kier alpha value is -1.77. The minimum absolute atomic E-state index is 0.253. The van der Waals surface area contributed by atoms with Gasteiger partial charge in [0.05, 0.1) is 5.69 Å². The molecule has 0 aliphatic heterocycles.